The van der Waals surface area contributed by atoms with Crippen LogP contribution >= 0.6 is 0 Å². The van der Waals surface area contributed by atoms with E-state index in [-0.39, 0.29) is 24.3 Å². The zero-order chi connectivity index (χ0) is 15.0. The molecule has 1 rings (SSSR count). The van der Waals surface area contributed by atoms with E-state index in [9.17, 15) is 4.79 Å². The van der Waals surface area contributed by atoms with Crippen molar-refractivity contribution in [1.82, 2.24) is 0 Å². The van der Waals surface area contributed by atoms with Gasteiger partial charge in [0.1, 0.15) is 0 Å². The first-order valence-electron chi connectivity index (χ1n) is 6.58. The third-order valence-corrected chi connectivity index (χ3v) is 2.80. The maximum absolute atomic E-state index is 11.7. The molecule has 1 aromatic rings. The molecule has 0 aliphatic rings. The predicted octanol–water partition coefficient (Wildman–Crippen LogP) is 2.94. The van der Waals surface area contributed by atoms with Crippen LogP contribution in [0.15, 0.2) is 35.5 Å². The van der Waals surface area contributed by atoms with E-state index in [2.05, 4.69) is 5.16 Å². The van der Waals surface area contributed by atoms with Crippen molar-refractivity contribution in [3.8, 4) is 0 Å². The number of carbonyl (C=O) groups is 1. The van der Waals surface area contributed by atoms with Crippen LogP contribution in [0.2, 0.25) is 0 Å². The Bertz CT molecular complexity index is 442. The number of rotatable bonds is 7. The fourth-order valence-corrected chi connectivity index (χ4v) is 1.83. The van der Waals surface area contributed by atoms with Crippen LogP contribution in [0, 0.1) is 0 Å². The minimum absolute atomic E-state index is 0.0108. The molecule has 0 fully saturated rings. The number of nitrogens with zero attached hydrogens (tertiary/aromatic N) is 1. The Balaban J connectivity index is 2.61. The van der Waals surface area contributed by atoms with E-state index >= 15 is 0 Å². The van der Waals surface area contributed by atoms with E-state index < -0.39 is 5.97 Å². The fraction of sp³-hybridized carbons (Fsp3) is 0.467. The highest BCUT2D eigenvalue weighted by Crippen LogP contribution is 2.22. The Morgan fingerprint density at radius 3 is 2.45 bits per heavy atom. The van der Waals surface area contributed by atoms with Gasteiger partial charge in [-0.2, -0.15) is 0 Å². The largest absolute Gasteiger partial charge is 0.458 e. The third-order valence-electron chi connectivity index (χ3n) is 2.80. The van der Waals surface area contributed by atoms with Crippen molar-refractivity contribution in [3.63, 3.8) is 0 Å². The van der Waals surface area contributed by atoms with Gasteiger partial charge >= 0.3 is 5.97 Å². The summed E-state index contributed by atoms with van der Waals surface area (Å²) >= 11 is 0. The lowest BCUT2D eigenvalue weighted by Gasteiger charge is -2.16. The van der Waals surface area contributed by atoms with Gasteiger partial charge < -0.3 is 14.7 Å². The van der Waals surface area contributed by atoms with E-state index in [0.29, 0.717) is 6.42 Å². The van der Waals surface area contributed by atoms with E-state index in [1.54, 1.807) is 21.0 Å². The molecular weight excluding hydrogens is 258 g/mol. The number of carbonyl (C=O) groups excluding carboxylic acids is 1. The summed E-state index contributed by atoms with van der Waals surface area (Å²) in [5.74, 6) is -0.592. The Morgan fingerprint density at radius 1 is 1.30 bits per heavy atom. The van der Waals surface area contributed by atoms with Gasteiger partial charge in [-0.25, -0.2) is 4.79 Å². The van der Waals surface area contributed by atoms with Crippen LogP contribution in [0.4, 0.5) is 0 Å². The summed E-state index contributed by atoms with van der Waals surface area (Å²) in [7, 11) is 1.61. The summed E-state index contributed by atoms with van der Waals surface area (Å²) in [6, 6.07) is 9.69. The quantitative estimate of drug-likeness (QED) is 0.360. The van der Waals surface area contributed by atoms with Crippen molar-refractivity contribution >= 4 is 11.7 Å². The van der Waals surface area contributed by atoms with Crippen LogP contribution in [0.5, 0.6) is 0 Å². The molecule has 110 valence electrons. The van der Waals surface area contributed by atoms with Gasteiger partial charge in [-0.05, 0) is 25.8 Å². The molecule has 0 amide bonds. The lowest BCUT2D eigenvalue weighted by molar-refractivity contribution is -0.139. The summed E-state index contributed by atoms with van der Waals surface area (Å²) in [6.45, 7) is 3.49. The first kappa shape index (κ1) is 16.2. The van der Waals surface area contributed by atoms with Crippen molar-refractivity contribution in [2.45, 2.75) is 38.9 Å². The number of ether oxygens (including phenoxy) is 2. The molecule has 1 unspecified atom stereocenters. The number of oxime groups is 1. The highest BCUT2D eigenvalue weighted by molar-refractivity contribution is 6.36. The van der Waals surface area contributed by atoms with Gasteiger partial charge in [-0.1, -0.05) is 35.5 Å². The van der Waals surface area contributed by atoms with E-state index in [4.69, 9.17) is 14.7 Å². The highest BCUT2D eigenvalue weighted by Gasteiger charge is 2.18. The Morgan fingerprint density at radius 2 is 1.95 bits per heavy atom. The van der Waals surface area contributed by atoms with Gasteiger partial charge in [0.15, 0.2) is 5.71 Å². The standard InChI is InChI=1S/C15H21NO4/c1-11(2)20-15(17)13(16-18)9-10-14(19-3)12-7-5-4-6-8-12/h4-8,11,14,18H,9-10H2,1-3H3/b16-13-. The van der Waals surface area contributed by atoms with Gasteiger partial charge in [-0.3, -0.25) is 0 Å². The van der Waals surface area contributed by atoms with Gasteiger partial charge in [-0.15, -0.1) is 0 Å². The monoisotopic (exact) mass is 279 g/mol. The summed E-state index contributed by atoms with van der Waals surface area (Å²) < 4.78 is 10.4. The molecule has 0 aliphatic heterocycles. The summed E-state index contributed by atoms with van der Waals surface area (Å²) in [5, 5.41) is 11.9. The van der Waals surface area contributed by atoms with Crippen molar-refractivity contribution in [2.75, 3.05) is 7.11 Å². The zero-order valence-electron chi connectivity index (χ0n) is 12.1. The van der Waals surface area contributed by atoms with Crippen molar-refractivity contribution in [3.05, 3.63) is 35.9 Å². The first-order chi connectivity index (χ1) is 9.58. The van der Waals surface area contributed by atoms with Gasteiger partial charge in [0.25, 0.3) is 0 Å². The lowest BCUT2D eigenvalue weighted by atomic mass is 10.0. The molecule has 1 atom stereocenters. The van der Waals surface area contributed by atoms with Crippen molar-refractivity contribution in [1.29, 1.82) is 0 Å². The number of hydrogen-bond acceptors (Lipinski definition) is 5. The minimum Gasteiger partial charge on any atom is -0.458 e. The average molecular weight is 279 g/mol. The Labute approximate surface area is 119 Å². The molecule has 0 aromatic heterocycles. The summed E-state index contributed by atoms with van der Waals surface area (Å²) in [6.07, 6.45) is 0.425. The Kier molecular flexibility index (Phi) is 6.73. The fourth-order valence-electron chi connectivity index (χ4n) is 1.83. The highest BCUT2D eigenvalue weighted by atomic mass is 16.5. The van der Waals surface area contributed by atoms with E-state index in [1.165, 1.54) is 0 Å². The molecular formula is C15H21NO4. The SMILES string of the molecule is COC(CC/C(=N/O)C(=O)OC(C)C)c1ccccc1. The number of benzene rings is 1. The molecule has 0 spiro atoms. The Hall–Kier alpha value is -1.88. The number of hydrogen-bond donors (Lipinski definition) is 1. The van der Waals surface area contributed by atoms with Crippen LogP contribution in [-0.2, 0) is 14.3 Å². The van der Waals surface area contributed by atoms with Crippen molar-refractivity contribution < 1.29 is 19.5 Å². The molecule has 0 saturated heterocycles. The second-order valence-corrected chi connectivity index (χ2v) is 4.67. The van der Waals surface area contributed by atoms with Crippen LogP contribution < -0.4 is 0 Å². The van der Waals surface area contributed by atoms with Crippen LogP contribution in [0.3, 0.4) is 0 Å². The van der Waals surface area contributed by atoms with Crippen molar-refractivity contribution in [2.24, 2.45) is 5.16 Å². The first-order valence-corrected chi connectivity index (χ1v) is 6.58. The predicted molar refractivity (Wildman–Crippen MR) is 75.9 cm³/mol. The maximum atomic E-state index is 11.7. The van der Waals surface area contributed by atoms with Crippen LogP contribution in [-0.4, -0.2) is 30.1 Å². The molecule has 0 heterocycles. The van der Waals surface area contributed by atoms with Gasteiger partial charge in [0.05, 0.1) is 12.2 Å². The maximum Gasteiger partial charge on any atom is 0.356 e. The number of esters is 1. The summed E-state index contributed by atoms with van der Waals surface area (Å²) in [4.78, 5) is 11.7. The molecule has 20 heavy (non-hydrogen) atoms. The minimum atomic E-state index is -0.592. The topological polar surface area (TPSA) is 68.1 Å². The molecule has 5 nitrogen and oxygen atoms in total. The normalized spacial score (nSPS) is 13.3. The number of methoxy groups -OCH3 is 1. The molecule has 1 aromatic carbocycles. The smallest absolute Gasteiger partial charge is 0.356 e. The molecule has 1 N–H and O–H groups in total. The molecule has 0 radical (unpaired) electrons. The molecule has 0 saturated carbocycles. The molecule has 5 heteroatoms. The van der Waals surface area contributed by atoms with E-state index in [1.807, 2.05) is 30.3 Å². The second kappa shape index (κ2) is 8.32. The average Bonchev–Trinajstić information content (AvgIpc) is 2.44. The second-order valence-electron chi connectivity index (χ2n) is 4.67. The third kappa shape index (κ3) is 5.01. The molecule has 0 aliphatic carbocycles. The van der Waals surface area contributed by atoms with Crippen LogP contribution in [0.25, 0.3) is 0 Å². The lowest BCUT2D eigenvalue weighted by Crippen LogP contribution is -2.22. The molecule has 0 bridgehead atoms. The van der Waals surface area contributed by atoms with Gasteiger partial charge in [0.2, 0.25) is 0 Å². The van der Waals surface area contributed by atoms with E-state index in [0.717, 1.165) is 5.56 Å². The van der Waals surface area contributed by atoms with Crippen LogP contribution in [0.1, 0.15) is 38.4 Å². The summed E-state index contributed by atoms with van der Waals surface area (Å²) in [5.41, 5.74) is 1.03. The van der Waals surface area contributed by atoms with Gasteiger partial charge in [0, 0.05) is 13.5 Å². The zero-order valence-corrected chi connectivity index (χ0v) is 12.1.